The van der Waals surface area contributed by atoms with Gasteiger partial charge in [-0.15, -0.1) is 0 Å². The van der Waals surface area contributed by atoms with Crippen molar-refractivity contribution >= 4 is 28.6 Å². The molecule has 0 radical (unpaired) electrons. The largest absolute Gasteiger partial charge is 0.394 e. The van der Waals surface area contributed by atoms with Gasteiger partial charge in [-0.25, -0.2) is 4.68 Å². The molecule has 2 heterocycles. The molecule has 0 spiro atoms. The van der Waals surface area contributed by atoms with Crippen LogP contribution in [-0.4, -0.2) is 31.5 Å². The van der Waals surface area contributed by atoms with Gasteiger partial charge in [0.05, 0.1) is 24.5 Å². The van der Waals surface area contributed by atoms with Crippen LogP contribution in [0.25, 0.3) is 16.7 Å². The van der Waals surface area contributed by atoms with Crippen molar-refractivity contribution in [3.8, 4) is 5.69 Å². The molecule has 0 aliphatic heterocycles. The topological polar surface area (TPSA) is 95.8 Å². The summed E-state index contributed by atoms with van der Waals surface area (Å²) in [5, 5.41) is 18.1. The van der Waals surface area contributed by atoms with E-state index in [9.17, 15) is 9.90 Å². The Balaban J connectivity index is 1.74. The number of hydrogen-bond acceptors (Lipinski definition) is 5. The summed E-state index contributed by atoms with van der Waals surface area (Å²) >= 11 is 5.92. The van der Waals surface area contributed by atoms with Gasteiger partial charge in [-0.05, 0) is 29.8 Å². The number of hydrogen-bond donors (Lipinski definition) is 3. The van der Waals surface area contributed by atoms with Gasteiger partial charge < -0.3 is 10.4 Å². The number of aromatic nitrogens is 4. The van der Waals surface area contributed by atoms with Crippen molar-refractivity contribution in [1.82, 2.24) is 19.7 Å². The van der Waals surface area contributed by atoms with Gasteiger partial charge in [0, 0.05) is 5.02 Å². The molecule has 4 aromatic rings. The molecule has 0 aliphatic carbocycles. The minimum Gasteiger partial charge on any atom is -0.394 e. The quantitative estimate of drug-likeness (QED) is 0.494. The number of anilines is 1. The number of aliphatic hydroxyl groups excluding tert-OH is 1. The van der Waals surface area contributed by atoms with E-state index in [1.807, 2.05) is 30.3 Å². The minimum atomic E-state index is -0.448. The summed E-state index contributed by atoms with van der Waals surface area (Å²) in [4.78, 5) is 19.6. The van der Waals surface area contributed by atoms with Gasteiger partial charge in [0.15, 0.2) is 5.65 Å². The van der Waals surface area contributed by atoms with Crippen LogP contribution in [0.4, 0.5) is 5.95 Å². The second kappa shape index (κ2) is 7.22. The smallest absolute Gasteiger partial charge is 0.263 e. The lowest BCUT2D eigenvalue weighted by molar-refractivity contribution is 0.276. The Morgan fingerprint density at radius 3 is 2.59 bits per heavy atom. The fraction of sp³-hybridized carbons (Fsp3) is 0.105. The SMILES string of the molecule is O=c1[nH]c(NC(CO)c2ccc(Cl)cc2)nc2c1cnn2-c1ccccc1. The van der Waals surface area contributed by atoms with Crippen molar-refractivity contribution in [2.24, 2.45) is 0 Å². The van der Waals surface area contributed by atoms with E-state index in [2.05, 4.69) is 20.4 Å². The Morgan fingerprint density at radius 1 is 1.15 bits per heavy atom. The first-order valence-corrected chi connectivity index (χ1v) is 8.70. The van der Waals surface area contributed by atoms with Gasteiger partial charge in [-0.1, -0.05) is 41.9 Å². The first-order chi connectivity index (χ1) is 13.2. The maximum atomic E-state index is 12.4. The molecule has 27 heavy (non-hydrogen) atoms. The number of rotatable bonds is 5. The second-order valence-electron chi connectivity index (χ2n) is 5.97. The molecule has 2 aromatic carbocycles. The Labute approximate surface area is 159 Å². The zero-order valence-electron chi connectivity index (χ0n) is 14.1. The van der Waals surface area contributed by atoms with Crippen LogP contribution in [0.5, 0.6) is 0 Å². The van der Waals surface area contributed by atoms with Crippen molar-refractivity contribution in [2.45, 2.75) is 6.04 Å². The predicted octanol–water partition coefficient (Wildman–Crippen LogP) is 2.91. The lowest BCUT2D eigenvalue weighted by atomic mass is 10.1. The van der Waals surface area contributed by atoms with Crippen LogP contribution < -0.4 is 10.9 Å². The Kier molecular flexibility index (Phi) is 4.62. The first-order valence-electron chi connectivity index (χ1n) is 8.32. The zero-order valence-corrected chi connectivity index (χ0v) is 14.9. The monoisotopic (exact) mass is 381 g/mol. The van der Waals surface area contributed by atoms with Crippen molar-refractivity contribution in [2.75, 3.05) is 11.9 Å². The van der Waals surface area contributed by atoms with E-state index in [0.717, 1.165) is 11.3 Å². The van der Waals surface area contributed by atoms with E-state index < -0.39 is 6.04 Å². The molecule has 1 unspecified atom stereocenters. The van der Waals surface area contributed by atoms with Crippen LogP contribution >= 0.6 is 11.6 Å². The number of aromatic amines is 1. The molecule has 136 valence electrons. The highest BCUT2D eigenvalue weighted by atomic mass is 35.5. The maximum Gasteiger partial charge on any atom is 0.263 e. The van der Waals surface area contributed by atoms with Crippen LogP contribution in [0.1, 0.15) is 11.6 Å². The van der Waals surface area contributed by atoms with Crippen molar-refractivity contribution in [3.05, 3.63) is 81.7 Å². The summed E-state index contributed by atoms with van der Waals surface area (Å²) in [6.07, 6.45) is 1.49. The third kappa shape index (κ3) is 3.42. The predicted molar refractivity (Wildman–Crippen MR) is 104 cm³/mol. The molecule has 1 atom stereocenters. The van der Waals surface area contributed by atoms with Gasteiger partial charge in [0.1, 0.15) is 5.39 Å². The van der Waals surface area contributed by atoms with Gasteiger partial charge >= 0.3 is 0 Å². The van der Waals surface area contributed by atoms with E-state index in [1.54, 1.807) is 28.9 Å². The molecular weight excluding hydrogens is 366 g/mol. The van der Waals surface area contributed by atoms with Gasteiger partial charge in [-0.2, -0.15) is 10.1 Å². The molecule has 0 amide bonds. The fourth-order valence-corrected chi connectivity index (χ4v) is 2.97. The Bertz CT molecular complexity index is 1120. The summed E-state index contributed by atoms with van der Waals surface area (Å²) in [7, 11) is 0. The van der Waals surface area contributed by atoms with E-state index in [-0.39, 0.29) is 18.1 Å². The normalized spacial score (nSPS) is 12.2. The number of H-pyrrole nitrogens is 1. The van der Waals surface area contributed by atoms with Crippen LogP contribution in [-0.2, 0) is 0 Å². The number of nitrogens with zero attached hydrogens (tertiary/aromatic N) is 3. The average Bonchev–Trinajstić information content (AvgIpc) is 3.12. The van der Waals surface area contributed by atoms with E-state index in [1.165, 1.54) is 6.20 Å². The van der Waals surface area contributed by atoms with Crippen LogP contribution in [0.15, 0.2) is 65.6 Å². The van der Waals surface area contributed by atoms with Crippen molar-refractivity contribution in [1.29, 1.82) is 0 Å². The molecule has 4 rings (SSSR count). The third-order valence-electron chi connectivity index (χ3n) is 4.20. The molecule has 3 N–H and O–H groups in total. The molecule has 2 aromatic heterocycles. The Morgan fingerprint density at radius 2 is 1.89 bits per heavy atom. The lowest BCUT2D eigenvalue weighted by Gasteiger charge is -2.17. The molecule has 0 saturated carbocycles. The van der Waals surface area contributed by atoms with E-state index >= 15 is 0 Å². The molecular formula is C19H16ClN5O2. The maximum absolute atomic E-state index is 12.4. The van der Waals surface area contributed by atoms with Crippen molar-refractivity contribution in [3.63, 3.8) is 0 Å². The summed E-state index contributed by atoms with van der Waals surface area (Å²) in [6.45, 7) is -0.179. The molecule has 0 saturated heterocycles. The highest BCUT2D eigenvalue weighted by molar-refractivity contribution is 6.30. The van der Waals surface area contributed by atoms with Gasteiger partial charge in [0.25, 0.3) is 5.56 Å². The Hall–Kier alpha value is -3.16. The van der Waals surface area contributed by atoms with Gasteiger partial charge in [-0.3, -0.25) is 9.78 Å². The summed E-state index contributed by atoms with van der Waals surface area (Å²) in [5.41, 5.74) is 1.74. The summed E-state index contributed by atoms with van der Waals surface area (Å²) in [6, 6.07) is 16.1. The highest BCUT2D eigenvalue weighted by Gasteiger charge is 2.15. The third-order valence-corrected chi connectivity index (χ3v) is 4.46. The number of benzene rings is 2. The van der Waals surface area contributed by atoms with Crippen LogP contribution in [0.2, 0.25) is 5.02 Å². The standard InChI is InChI=1S/C19H16ClN5O2/c20-13-8-6-12(7-9-13)16(11-26)22-19-23-17-15(18(27)24-19)10-21-25(17)14-4-2-1-3-5-14/h1-10,16,26H,11H2,(H2,22,23,24,27). The van der Waals surface area contributed by atoms with Gasteiger partial charge in [0.2, 0.25) is 5.95 Å². The number of halogens is 1. The number of aliphatic hydroxyl groups is 1. The molecule has 8 heteroatoms. The minimum absolute atomic E-state index is 0.179. The molecule has 0 fully saturated rings. The first kappa shape index (κ1) is 17.3. The second-order valence-corrected chi connectivity index (χ2v) is 6.41. The summed E-state index contributed by atoms with van der Waals surface area (Å²) in [5.74, 6) is 0.249. The lowest BCUT2D eigenvalue weighted by Crippen LogP contribution is -2.20. The number of para-hydroxylation sites is 1. The van der Waals surface area contributed by atoms with Crippen LogP contribution in [0, 0.1) is 0 Å². The van der Waals surface area contributed by atoms with E-state index in [4.69, 9.17) is 11.6 Å². The summed E-state index contributed by atoms with van der Waals surface area (Å²) < 4.78 is 1.60. The molecule has 7 nitrogen and oxygen atoms in total. The zero-order chi connectivity index (χ0) is 18.8. The average molecular weight is 382 g/mol. The van der Waals surface area contributed by atoms with Crippen LogP contribution in [0.3, 0.4) is 0 Å². The number of fused-ring (bicyclic) bond motifs is 1. The molecule has 0 bridgehead atoms. The number of nitrogens with one attached hydrogen (secondary N) is 2. The fourth-order valence-electron chi connectivity index (χ4n) is 2.84. The van der Waals surface area contributed by atoms with Crippen molar-refractivity contribution < 1.29 is 5.11 Å². The highest BCUT2D eigenvalue weighted by Crippen LogP contribution is 2.20. The van der Waals surface area contributed by atoms with E-state index in [0.29, 0.717) is 16.1 Å². The molecule has 0 aliphatic rings.